The minimum absolute atomic E-state index is 0. The van der Waals surface area contributed by atoms with Crippen LogP contribution in [-0.2, 0) is 26.2 Å². The Hall–Kier alpha value is 0.883. The normalized spacial score (nSPS) is 26.0. The van der Waals surface area contributed by atoms with E-state index in [0.717, 1.165) is 0 Å². The summed E-state index contributed by atoms with van der Waals surface area (Å²) in [6.45, 7) is 29.0. The van der Waals surface area contributed by atoms with Crippen LogP contribution in [0.15, 0.2) is 0 Å². The van der Waals surface area contributed by atoms with E-state index in [1.165, 1.54) is 66.1 Å². The Balaban J connectivity index is 0. The molecule has 0 bridgehead atoms. The monoisotopic (exact) mass is 447 g/mol. The molecule has 0 heterocycles. The van der Waals surface area contributed by atoms with E-state index in [1.807, 2.05) is 20.8 Å². The van der Waals surface area contributed by atoms with E-state index in [-0.39, 0.29) is 38.0 Å². The maximum atomic E-state index is 7.23. The zero-order valence-electron chi connectivity index (χ0n) is 22.2. The fraction of sp³-hybridized carbons (Fsp3) is 0.577. The predicted octanol–water partition coefficient (Wildman–Crippen LogP) is 8.20. The zero-order chi connectivity index (χ0) is 22.6. The van der Waals surface area contributed by atoms with Gasteiger partial charge in [0.1, 0.15) is 0 Å². The number of hydrogen-bond acceptors (Lipinski definition) is 0. The van der Waals surface area contributed by atoms with Gasteiger partial charge in [0.05, 0.1) is 0 Å². The summed E-state index contributed by atoms with van der Waals surface area (Å²) in [5.74, 6) is 14.7. The molecule has 0 amide bonds. The van der Waals surface area contributed by atoms with Crippen molar-refractivity contribution in [3.05, 3.63) is 66.1 Å². The van der Waals surface area contributed by atoms with Gasteiger partial charge in [0.2, 0.25) is 0 Å². The first-order valence-corrected chi connectivity index (χ1v) is 9.62. The molecular weight excluding hydrogens is 404 g/mol. The van der Waals surface area contributed by atoms with Crippen LogP contribution in [-0.4, -0.2) is 0 Å². The number of rotatable bonds is 1. The molecule has 1 unspecified atom stereocenters. The summed E-state index contributed by atoms with van der Waals surface area (Å²) >= 11 is 0. The van der Waals surface area contributed by atoms with Crippen LogP contribution in [0.2, 0.25) is 0 Å². The van der Waals surface area contributed by atoms with Crippen LogP contribution >= 0.6 is 0 Å². The molecule has 0 aromatic heterocycles. The largest absolute Gasteiger partial charge is 0.343 e. The molecule has 1 atom stereocenters. The third kappa shape index (κ3) is 8.64. The van der Waals surface area contributed by atoms with Crippen LogP contribution < -0.4 is 0 Å². The second kappa shape index (κ2) is 12.5. The maximum Gasteiger partial charge on any atom is 0 e. The maximum absolute atomic E-state index is 7.23. The second-order valence-corrected chi connectivity index (χ2v) is 8.78. The van der Waals surface area contributed by atoms with Crippen molar-refractivity contribution in [1.82, 2.24) is 0 Å². The standard InChI is InChI=1S/2C10H15.C6H13.Zr/c2*1-6-7(2)9(4)10(5)8(6)3;1-5-6(2,3)4;/h2*1-5H3;1,5H2,2-4H3;/q;;-1;/i;;1D,5D;. The summed E-state index contributed by atoms with van der Waals surface area (Å²) in [4.78, 5) is 0. The van der Waals surface area contributed by atoms with Crippen molar-refractivity contribution < 1.29 is 28.9 Å². The van der Waals surface area contributed by atoms with E-state index < -0.39 is 0 Å². The van der Waals surface area contributed by atoms with Crippen LogP contribution in [0, 0.1) is 71.5 Å². The average Bonchev–Trinajstić information content (AvgIpc) is 2.91. The van der Waals surface area contributed by atoms with Gasteiger partial charge in [0.25, 0.3) is 0 Å². The summed E-state index contributed by atoms with van der Waals surface area (Å²) in [5.41, 5.74) is -0.0677. The smallest absolute Gasteiger partial charge is 0 e. The summed E-state index contributed by atoms with van der Waals surface area (Å²) in [5, 5.41) is 0. The van der Waals surface area contributed by atoms with E-state index in [1.54, 1.807) is 0 Å². The van der Waals surface area contributed by atoms with E-state index in [4.69, 9.17) is 2.74 Å². The third-order valence-corrected chi connectivity index (χ3v) is 6.13. The van der Waals surface area contributed by atoms with E-state index in [0.29, 0.717) is 0 Å². The van der Waals surface area contributed by atoms with Crippen LogP contribution in [0.4, 0.5) is 0 Å². The van der Waals surface area contributed by atoms with Gasteiger partial charge < -0.3 is 6.90 Å². The van der Waals surface area contributed by atoms with Crippen molar-refractivity contribution in [2.45, 2.75) is 96.4 Å². The molecule has 0 saturated heterocycles. The van der Waals surface area contributed by atoms with Crippen molar-refractivity contribution in [1.29, 1.82) is 0 Å². The van der Waals surface area contributed by atoms with Gasteiger partial charge in [-0.1, -0.05) is 95.4 Å². The molecule has 2 aliphatic rings. The molecule has 0 aliphatic heterocycles. The van der Waals surface area contributed by atoms with Crippen LogP contribution in [0.1, 0.15) is 99.1 Å². The van der Waals surface area contributed by atoms with Gasteiger partial charge >= 0.3 is 0 Å². The second-order valence-electron chi connectivity index (χ2n) is 8.78. The van der Waals surface area contributed by atoms with E-state index in [2.05, 4.69) is 69.2 Å². The Morgan fingerprint density at radius 1 is 0.556 bits per heavy atom. The number of hydrogen-bond donors (Lipinski definition) is 0. The summed E-state index contributed by atoms with van der Waals surface area (Å²) in [6.07, 6.45) is -0.359. The van der Waals surface area contributed by atoms with Gasteiger partial charge in [-0.05, 0) is 60.5 Å². The fourth-order valence-electron chi connectivity index (χ4n) is 2.81. The van der Waals surface area contributed by atoms with Gasteiger partial charge in [0, 0.05) is 26.2 Å². The molecule has 0 N–H and O–H groups in total. The summed E-state index contributed by atoms with van der Waals surface area (Å²) in [7, 11) is 0. The molecule has 0 aromatic rings. The minimum Gasteiger partial charge on any atom is -0.343 e. The van der Waals surface area contributed by atoms with Gasteiger partial charge in [-0.25, -0.2) is 1.37 Å². The molecule has 0 aromatic carbocycles. The quantitative estimate of drug-likeness (QED) is 0.355. The third-order valence-electron chi connectivity index (χ3n) is 6.13. The molecular formula is C26H43Zr-. The molecule has 152 valence electrons. The van der Waals surface area contributed by atoms with Gasteiger partial charge in [-0.3, -0.25) is 0 Å². The van der Waals surface area contributed by atoms with E-state index in [9.17, 15) is 0 Å². The van der Waals surface area contributed by atoms with Crippen molar-refractivity contribution >= 4 is 0 Å². The fourth-order valence-corrected chi connectivity index (χ4v) is 2.81. The van der Waals surface area contributed by atoms with Crippen molar-refractivity contribution in [2.24, 2.45) is 5.41 Å². The molecule has 1 heteroatoms. The van der Waals surface area contributed by atoms with Gasteiger partial charge in [0.15, 0.2) is 0 Å². The molecule has 27 heavy (non-hydrogen) atoms. The molecule has 2 rings (SSSR count). The first-order valence-electron chi connectivity index (χ1n) is 10.8. The van der Waals surface area contributed by atoms with Crippen LogP contribution in [0.25, 0.3) is 0 Å². The Kier molecular flexibility index (Phi) is 12.0. The molecule has 2 fully saturated rings. The minimum atomic E-state index is -0.359. The molecule has 0 nitrogen and oxygen atoms in total. The topological polar surface area (TPSA) is 0 Å². The van der Waals surface area contributed by atoms with Crippen molar-refractivity contribution in [3.63, 3.8) is 0 Å². The molecule has 10 radical (unpaired) electrons. The Bertz CT molecular complexity index is 313. The first-order chi connectivity index (χ1) is 12.6. The first kappa shape index (κ1) is 25.9. The molecule has 2 aliphatic carbocycles. The Morgan fingerprint density at radius 2 is 0.704 bits per heavy atom. The van der Waals surface area contributed by atoms with Crippen LogP contribution in [0.5, 0.6) is 0 Å². The molecule has 2 saturated carbocycles. The summed E-state index contributed by atoms with van der Waals surface area (Å²) in [6, 6.07) is 0. The van der Waals surface area contributed by atoms with Crippen LogP contribution in [0.3, 0.4) is 0 Å². The van der Waals surface area contributed by atoms with Gasteiger partial charge in [-0.15, -0.1) is 0 Å². The van der Waals surface area contributed by atoms with E-state index >= 15 is 0 Å². The predicted molar refractivity (Wildman–Crippen MR) is 119 cm³/mol. The zero-order valence-corrected chi connectivity index (χ0v) is 22.6. The summed E-state index contributed by atoms with van der Waals surface area (Å²) < 4.78 is 14.0. The Labute approximate surface area is 196 Å². The average molecular weight is 449 g/mol. The van der Waals surface area contributed by atoms with Gasteiger partial charge in [-0.2, -0.15) is 6.40 Å². The van der Waals surface area contributed by atoms with Crippen molar-refractivity contribution in [2.75, 3.05) is 0 Å². The van der Waals surface area contributed by atoms with Crippen molar-refractivity contribution in [3.8, 4) is 0 Å². The molecule has 0 spiro atoms. The SMILES string of the molecule is C[C]1[C](C)[C](C)[C](C)[C]1C.C[C]1[C](C)[C](C)[C](C)[C]1C.[2H][CH-]C([2H])C(C)(C)C.[Zr]. The Morgan fingerprint density at radius 3 is 0.741 bits per heavy atom.